The molecule has 2 aliphatic carbocycles. The summed E-state index contributed by atoms with van der Waals surface area (Å²) in [6, 6.07) is 7.69. The summed E-state index contributed by atoms with van der Waals surface area (Å²) in [5, 5.41) is 3.67. The maximum absolute atomic E-state index is 13.1. The summed E-state index contributed by atoms with van der Waals surface area (Å²) in [6.07, 6.45) is 6.70. The summed E-state index contributed by atoms with van der Waals surface area (Å²) in [5.74, 6) is 1.68. The first-order valence-electron chi connectivity index (χ1n) is 8.05. The Labute approximate surface area is 122 Å². The van der Waals surface area contributed by atoms with E-state index in [1.54, 1.807) is 12.1 Å². The summed E-state index contributed by atoms with van der Waals surface area (Å²) in [5.41, 5.74) is 1.70. The van der Waals surface area contributed by atoms with E-state index >= 15 is 0 Å². The molecule has 1 nitrogen and oxygen atoms in total. The zero-order valence-corrected chi connectivity index (χ0v) is 12.7. The van der Waals surface area contributed by atoms with E-state index in [1.165, 1.54) is 31.2 Å². The Bertz CT molecular complexity index is 453. The summed E-state index contributed by atoms with van der Waals surface area (Å²) in [6.45, 7) is 5.56. The Morgan fingerprint density at radius 2 is 2.00 bits per heavy atom. The SMILES string of the molecule is CC(C)NCC1(Cc2ccc(F)cc2)CC2CCC1C2. The minimum absolute atomic E-state index is 0.129. The standard InChI is InChI=1S/C18H26FN/c1-13(2)20-12-18(11-15-3-6-16(18)9-15)10-14-4-7-17(19)8-5-14/h4-5,7-8,13,15-16,20H,3,6,9-12H2,1-2H3. The highest BCUT2D eigenvalue weighted by Gasteiger charge is 2.50. The van der Waals surface area contributed by atoms with Crippen LogP contribution in [0, 0.1) is 23.1 Å². The molecule has 20 heavy (non-hydrogen) atoms. The van der Waals surface area contributed by atoms with Crippen LogP contribution >= 0.6 is 0 Å². The smallest absolute Gasteiger partial charge is 0.123 e. The minimum Gasteiger partial charge on any atom is -0.314 e. The van der Waals surface area contributed by atoms with E-state index in [-0.39, 0.29) is 5.82 Å². The van der Waals surface area contributed by atoms with Crippen molar-refractivity contribution in [2.75, 3.05) is 6.54 Å². The molecule has 0 saturated heterocycles. The first-order chi connectivity index (χ1) is 9.57. The Balaban J connectivity index is 1.77. The monoisotopic (exact) mass is 275 g/mol. The molecule has 1 N–H and O–H groups in total. The lowest BCUT2D eigenvalue weighted by Crippen LogP contribution is -2.42. The maximum atomic E-state index is 13.1. The summed E-state index contributed by atoms with van der Waals surface area (Å²) in [4.78, 5) is 0. The van der Waals surface area contributed by atoms with Crippen LogP contribution in [0.15, 0.2) is 24.3 Å². The van der Waals surface area contributed by atoms with Crippen molar-refractivity contribution < 1.29 is 4.39 Å². The van der Waals surface area contributed by atoms with Gasteiger partial charge in [0, 0.05) is 12.6 Å². The van der Waals surface area contributed by atoms with Crippen LogP contribution in [0.25, 0.3) is 0 Å². The average molecular weight is 275 g/mol. The van der Waals surface area contributed by atoms with Gasteiger partial charge in [-0.3, -0.25) is 0 Å². The molecule has 0 radical (unpaired) electrons. The van der Waals surface area contributed by atoms with Gasteiger partial charge in [-0.2, -0.15) is 0 Å². The van der Waals surface area contributed by atoms with Gasteiger partial charge in [0.2, 0.25) is 0 Å². The molecule has 2 saturated carbocycles. The van der Waals surface area contributed by atoms with Gasteiger partial charge >= 0.3 is 0 Å². The van der Waals surface area contributed by atoms with E-state index in [9.17, 15) is 4.39 Å². The first kappa shape index (κ1) is 14.1. The van der Waals surface area contributed by atoms with Crippen LogP contribution in [-0.4, -0.2) is 12.6 Å². The number of halogens is 1. The fraction of sp³-hybridized carbons (Fsp3) is 0.667. The van der Waals surface area contributed by atoms with Crippen molar-refractivity contribution in [3.8, 4) is 0 Å². The van der Waals surface area contributed by atoms with Crippen LogP contribution in [-0.2, 0) is 6.42 Å². The lowest BCUT2D eigenvalue weighted by atomic mass is 9.69. The Hall–Kier alpha value is -0.890. The third-order valence-corrected chi connectivity index (χ3v) is 5.43. The van der Waals surface area contributed by atoms with E-state index in [2.05, 4.69) is 19.2 Å². The second-order valence-corrected chi connectivity index (χ2v) is 7.28. The van der Waals surface area contributed by atoms with Crippen molar-refractivity contribution in [3.05, 3.63) is 35.6 Å². The van der Waals surface area contributed by atoms with E-state index in [0.29, 0.717) is 11.5 Å². The average Bonchev–Trinajstić information content (AvgIpc) is 3.00. The van der Waals surface area contributed by atoms with Gasteiger partial charge in [0.05, 0.1) is 0 Å². The summed E-state index contributed by atoms with van der Waals surface area (Å²) < 4.78 is 13.1. The molecule has 2 bridgehead atoms. The largest absolute Gasteiger partial charge is 0.314 e. The number of benzene rings is 1. The second kappa shape index (κ2) is 5.48. The Kier molecular flexibility index (Phi) is 3.85. The van der Waals surface area contributed by atoms with Crippen molar-refractivity contribution in [2.45, 2.75) is 52.0 Å². The summed E-state index contributed by atoms with van der Waals surface area (Å²) >= 11 is 0. The minimum atomic E-state index is -0.129. The van der Waals surface area contributed by atoms with Crippen LogP contribution in [0.2, 0.25) is 0 Å². The second-order valence-electron chi connectivity index (χ2n) is 7.28. The number of nitrogens with one attached hydrogen (secondary N) is 1. The lowest BCUT2D eigenvalue weighted by Gasteiger charge is -2.39. The molecular formula is C18H26FN. The van der Waals surface area contributed by atoms with Gasteiger partial charge in [-0.25, -0.2) is 4.39 Å². The highest BCUT2D eigenvalue weighted by molar-refractivity contribution is 5.20. The van der Waals surface area contributed by atoms with Gasteiger partial charge in [-0.15, -0.1) is 0 Å². The zero-order valence-electron chi connectivity index (χ0n) is 12.7. The Morgan fingerprint density at radius 3 is 2.55 bits per heavy atom. The predicted octanol–water partition coefficient (Wildman–Crippen LogP) is 4.17. The molecule has 1 aromatic rings. The van der Waals surface area contributed by atoms with Gasteiger partial charge in [0.15, 0.2) is 0 Å². The predicted molar refractivity (Wildman–Crippen MR) is 81.1 cm³/mol. The summed E-state index contributed by atoms with van der Waals surface area (Å²) in [7, 11) is 0. The van der Waals surface area contributed by atoms with E-state index in [1.807, 2.05) is 12.1 Å². The van der Waals surface area contributed by atoms with Crippen molar-refractivity contribution in [2.24, 2.45) is 17.3 Å². The molecule has 3 unspecified atom stereocenters. The number of hydrogen-bond donors (Lipinski definition) is 1. The van der Waals surface area contributed by atoms with Crippen LogP contribution in [0.4, 0.5) is 4.39 Å². The normalized spacial score (nSPS) is 32.2. The van der Waals surface area contributed by atoms with E-state index in [4.69, 9.17) is 0 Å². The van der Waals surface area contributed by atoms with Gasteiger partial charge in [-0.05, 0) is 60.6 Å². The molecule has 3 atom stereocenters. The highest BCUT2D eigenvalue weighted by Crippen LogP contribution is 2.57. The van der Waals surface area contributed by atoms with E-state index < -0.39 is 0 Å². The topological polar surface area (TPSA) is 12.0 Å². The number of fused-ring (bicyclic) bond motifs is 2. The number of rotatable bonds is 5. The third-order valence-electron chi connectivity index (χ3n) is 5.43. The third kappa shape index (κ3) is 2.76. The van der Waals surface area contributed by atoms with Crippen LogP contribution < -0.4 is 5.32 Å². The van der Waals surface area contributed by atoms with Crippen LogP contribution in [0.1, 0.15) is 45.1 Å². The van der Waals surface area contributed by atoms with Crippen LogP contribution in [0.3, 0.4) is 0 Å². The highest BCUT2D eigenvalue weighted by atomic mass is 19.1. The van der Waals surface area contributed by atoms with E-state index in [0.717, 1.165) is 24.8 Å². The molecule has 0 amide bonds. The zero-order chi connectivity index (χ0) is 14.2. The molecule has 2 fully saturated rings. The lowest BCUT2D eigenvalue weighted by molar-refractivity contribution is 0.152. The number of hydrogen-bond acceptors (Lipinski definition) is 1. The van der Waals surface area contributed by atoms with Gasteiger partial charge in [0.25, 0.3) is 0 Å². The van der Waals surface area contributed by atoms with Crippen LogP contribution in [0.5, 0.6) is 0 Å². The molecule has 2 aliphatic rings. The molecule has 0 aromatic heterocycles. The fourth-order valence-corrected chi connectivity index (χ4v) is 4.47. The van der Waals surface area contributed by atoms with Gasteiger partial charge in [0.1, 0.15) is 5.82 Å². The van der Waals surface area contributed by atoms with Crippen molar-refractivity contribution in [1.29, 1.82) is 0 Å². The molecule has 2 heteroatoms. The molecule has 0 aliphatic heterocycles. The molecule has 3 rings (SSSR count). The first-order valence-corrected chi connectivity index (χ1v) is 8.05. The van der Waals surface area contributed by atoms with Gasteiger partial charge < -0.3 is 5.32 Å². The van der Waals surface area contributed by atoms with Crippen molar-refractivity contribution >= 4 is 0 Å². The molecule has 0 spiro atoms. The Morgan fingerprint density at radius 1 is 1.25 bits per heavy atom. The van der Waals surface area contributed by atoms with Crippen molar-refractivity contribution in [3.63, 3.8) is 0 Å². The fourth-order valence-electron chi connectivity index (χ4n) is 4.47. The quantitative estimate of drug-likeness (QED) is 0.850. The van der Waals surface area contributed by atoms with Gasteiger partial charge in [-0.1, -0.05) is 32.4 Å². The molecule has 1 aromatic carbocycles. The maximum Gasteiger partial charge on any atom is 0.123 e. The molecule has 0 heterocycles. The molecular weight excluding hydrogens is 249 g/mol. The van der Waals surface area contributed by atoms with Crippen molar-refractivity contribution in [1.82, 2.24) is 5.32 Å². The molecule has 110 valence electrons.